The molecule has 0 aliphatic carbocycles. The van der Waals surface area contributed by atoms with Crippen molar-refractivity contribution in [2.45, 2.75) is 6.18 Å². The standard InChI is InChI=1S/C14H10F3N3OS/c15-14(16,17)10-2-1-3-11(8-10)19-13(22)20-12(21)9-4-6-18-7-5-9/h1-8H,(H2,19,20,21,22). The lowest BCUT2D eigenvalue weighted by Crippen LogP contribution is -2.34. The van der Waals surface area contributed by atoms with Crippen molar-refractivity contribution in [3.63, 3.8) is 0 Å². The van der Waals surface area contributed by atoms with Gasteiger partial charge in [0.25, 0.3) is 5.91 Å². The summed E-state index contributed by atoms with van der Waals surface area (Å²) in [5, 5.41) is 4.82. The van der Waals surface area contributed by atoms with Gasteiger partial charge in [0.05, 0.1) is 5.56 Å². The minimum absolute atomic E-state index is 0.0962. The van der Waals surface area contributed by atoms with Crippen LogP contribution in [0.15, 0.2) is 48.8 Å². The number of carbonyl (C=O) groups is 1. The summed E-state index contributed by atoms with van der Waals surface area (Å²) in [4.78, 5) is 15.6. The molecule has 2 N–H and O–H groups in total. The number of hydrogen-bond acceptors (Lipinski definition) is 3. The maximum absolute atomic E-state index is 12.6. The Kier molecular flexibility index (Phi) is 4.71. The van der Waals surface area contributed by atoms with Gasteiger partial charge in [-0.05, 0) is 42.5 Å². The van der Waals surface area contributed by atoms with Crippen molar-refractivity contribution >= 4 is 28.9 Å². The number of benzene rings is 1. The van der Waals surface area contributed by atoms with E-state index < -0.39 is 17.6 Å². The summed E-state index contributed by atoms with van der Waals surface area (Å²) in [6, 6.07) is 7.50. The lowest BCUT2D eigenvalue weighted by atomic mass is 10.2. The van der Waals surface area contributed by atoms with Gasteiger partial charge in [0, 0.05) is 23.6 Å². The van der Waals surface area contributed by atoms with Gasteiger partial charge < -0.3 is 5.32 Å². The molecule has 0 fully saturated rings. The molecule has 1 heterocycles. The van der Waals surface area contributed by atoms with E-state index in [2.05, 4.69) is 15.6 Å². The van der Waals surface area contributed by atoms with Crippen molar-refractivity contribution in [3.8, 4) is 0 Å². The number of amides is 1. The molecule has 0 unspecified atom stereocenters. The smallest absolute Gasteiger partial charge is 0.332 e. The molecule has 4 nitrogen and oxygen atoms in total. The highest BCUT2D eigenvalue weighted by Gasteiger charge is 2.30. The van der Waals surface area contributed by atoms with Crippen LogP contribution in [0.25, 0.3) is 0 Å². The molecule has 0 aliphatic heterocycles. The maximum Gasteiger partial charge on any atom is 0.416 e. The number of alkyl halides is 3. The highest BCUT2D eigenvalue weighted by molar-refractivity contribution is 7.80. The van der Waals surface area contributed by atoms with Gasteiger partial charge in [0.1, 0.15) is 0 Å². The first-order chi connectivity index (χ1) is 10.4. The van der Waals surface area contributed by atoms with Crippen LogP contribution >= 0.6 is 12.2 Å². The number of nitrogens with zero attached hydrogens (tertiary/aromatic N) is 1. The quantitative estimate of drug-likeness (QED) is 0.833. The fourth-order valence-corrected chi connectivity index (χ4v) is 1.82. The van der Waals surface area contributed by atoms with Gasteiger partial charge in [0.2, 0.25) is 0 Å². The van der Waals surface area contributed by atoms with E-state index in [0.717, 1.165) is 12.1 Å². The first-order valence-corrected chi connectivity index (χ1v) is 6.47. The summed E-state index contributed by atoms with van der Waals surface area (Å²) in [5.41, 5.74) is -0.334. The Balaban J connectivity index is 2.02. The topological polar surface area (TPSA) is 54.0 Å². The van der Waals surface area contributed by atoms with Gasteiger partial charge in [-0.2, -0.15) is 13.2 Å². The van der Waals surface area contributed by atoms with Gasteiger partial charge in [-0.25, -0.2) is 0 Å². The molecule has 0 radical (unpaired) electrons. The molecular formula is C14H10F3N3OS. The summed E-state index contributed by atoms with van der Waals surface area (Å²) >= 11 is 4.91. The maximum atomic E-state index is 12.6. The molecule has 0 aliphatic rings. The second-order valence-electron chi connectivity index (χ2n) is 4.22. The van der Waals surface area contributed by atoms with Gasteiger partial charge in [-0.15, -0.1) is 0 Å². The number of hydrogen-bond donors (Lipinski definition) is 2. The third kappa shape index (κ3) is 4.26. The molecular weight excluding hydrogens is 315 g/mol. The van der Waals surface area contributed by atoms with E-state index in [9.17, 15) is 18.0 Å². The van der Waals surface area contributed by atoms with Crippen LogP contribution in [0, 0.1) is 0 Å². The summed E-state index contributed by atoms with van der Waals surface area (Å²) < 4.78 is 37.8. The summed E-state index contributed by atoms with van der Waals surface area (Å²) in [5.74, 6) is -0.480. The molecule has 2 rings (SSSR count). The third-order valence-corrected chi connectivity index (χ3v) is 2.82. The molecule has 0 atom stereocenters. The molecule has 0 saturated heterocycles. The second-order valence-corrected chi connectivity index (χ2v) is 4.63. The van der Waals surface area contributed by atoms with Crippen LogP contribution in [-0.2, 0) is 6.18 Å². The zero-order valence-corrected chi connectivity index (χ0v) is 11.8. The molecule has 22 heavy (non-hydrogen) atoms. The summed E-state index contributed by atoms with van der Waals surface area (Å²) in [6.07, 6.45) is -1.56. The monoisotopic (exact) mass is 325 g/mol. The Morgan fingerprint density at radius 1 is 1.14 bits per heavy atom. The van der Waals surface area contributed by atoms with Gasteiger partial charge >= 0.3 is 6.18 Å². The van der Waals surface area contributed by atoms with Crippen molar-refractivity contribution in [2.75, 3.05) is 5.32 Å². The molecule has 114 valence electrons. The van der Waals surface area contributed by atoms with E-state index in [0.29, 0.717) is 5.56 Å². The first-order valence-electron chi connectivity index (χ1n) is 6.06. The Morgan fingerprint density at radius 3 is 2.45 bits per heavy atom. The Bertz CT molecular complexity index is 689. The highest BCUT2D eigenvalue weighted by Crippen LogP contribution is 2.30. The van der Waals surface area contributed by atoms with Crippen molar-refractivity contribution in [3.05, 3.63) is 59.9 Å². The van der Waals surface area contributed by atoms with Gasteiger partial charge in [0.15, 0.2) is 5.11 Å². The fourth-order valence-electron chi connectivity index (χ4n) is 1.61. The normalized spacial score (nSPS) is 10.9. The van der Waals surface area contributed by atoms with E-state index in [-0.39, 0.29) is 10.8 Å². The van der Waals surface area contributed by atoms with Crippen LogP contribution in [0.5, 0.6) is 0 Å². The number of rotatable bonds is 2. The number of pyridine rings is 1. The lowest BCUT2D eigenvalue weighted by Gasteiger charge is -2.12. The zero-order chi connectivity index (χ0) is 16.2. The molecule has 2 aromatic rings. The Hall–Kier alpha value is -2.48. The average Bonchev–Trinajstić information content (AvgIpc) is 2.47. The average molecular weight is 325 g/mol. The van der Waals surface area contributed by atoms with Crippen molar-refractivity contribution in [2.24, 2.45) is 0 Å². The number of aromatic nitrogens is 1. The number of carbonyl (C=O) groups excluding carboxylic acids is 1. The molecule has 1 amide bonds. The van der Waals surface area contributed by atoms with Crippen LogP contribution in [0.1, 0.15) is 15.9 Å². The SMILES string of the molecule is O=C(NC(=S)Nc1cccc(C(F)(F)F)c1)c1ccncc1. The van der Waals surface area contributed by atoms with E-state index in [4.69, 9.17) is 12.2 Å². The van der Waals surface area contributed by atoms with Crippen LogP contribution in [0.2, 0.25) is 0 Å². The lowest BCUT2D eigenvalue weighted by molar-refractivity contribution is -0.137. The van der Waals surface area contributed by atoms with E-state index in [1.54, 1.807) is 0 Å². The van der Waals surface area contributed by atoms with E-state index in [1.807, 2.05) is 0 Å². The van der Waals surface area contributed by atoms with Crippen molar-refractivity contribution < 1.29 is 18.0 Å². The van der Waals surface area contributed by atoms with Gasteiger partial charge in [-0.3, -0.25) is 15.1 Å². The minimum Gasteiger partial charge on any atom is -0.332 e. The van der Waals surface area contributed by atoms with Crippen LogP contribution < -0.4 is 10.6 Å². The fraction of sp³-hybridized carbons (Fsp3) is 0.0714. The molecule has 1 aromatic carbocycles. The number of nitrogens with one attached hydrogen (secondary N) is 2. The number of thiocarbonyl (C=S) groups is 1. The number of anilines is 1. The van der Waals surface area contributed by atoms with Gasteiger partial charge in [-0.1, -0.05) is 6.07 Å². The molecule has 0 bridgehead atoms. The highest BCUT2D eigenvalue weighted by atomic mass is 32.1. The van der Waals surface area contributed by atoms with E-state index >= 15 is 0 Å². The van der Waals surface area contributed by atoms with E-state index in [1.165, 1.54) is 36.7 Å². The van der Waals surface area contributed by atoms with Crippen LogP contribution in [-0.4, -0.2) is 16.0 Å². The molecule has 8 heteroatoms. The van der Waals surface area contributed by atoms with Crippen molar-refractivity contribution in [1.29, 1.82) is 0 Å². The predicted octanol–water partition coefficient (Wildman–Crippen LogP) is 3.23. The Labute approximate surface area is 129 Å². The second kappa shape index (κ2) is 6.52. The number of halogens is 3. The molecule has 0 saturated carbocycles. The first kappa shape index (κ1) is 15.9. The molecule has 1 aromatic heterocycles. The summed E-state index contributed by atoms with van der Waals surface area (Å²) in [7, 11) is 0. The van der Waals surface area contributed by atoms with Crippen molar-refractivity contribution in [1.82, 2.24) is 10.3 Å². The van der Waals surface area contributed by atoms with Crippen LogP contribution in [0.4, 0.5) is 18.9 Å². The molecule has 0 spiro atoms. The summed E-state index contributed by atoms with van der Waals surface area (Å²) in [6.45, 7) is 0. The largest absolute Gasteiger partial charge is 0.416 e. The minimum atomic E-state index is -4.44. The zero-order valence-electron chi connectivity index (χ0n) is 11.0. The van der Waals surface area contributed by atoms with Crippen LogP contribution in [0.3, 0.4) is 0 Å². The predicted molar refractivity (Wildman–Crippen MR) is 79.4 cm³/mol. The Morgan fingerprint density at radius 2 is 1.82 bits per heavy atom. The third-order valence-electron chi connectivity index (χ3n) is 2.62.